The average molecular weight is 431 g/mol. The van der Waals surface area contributed by atoms with Crippen LogP contribution in [0.4, 0.5) is 5.82 Å². The summed E-state index contributed by atoms with van der Waals surface area (Å²) in [6.07, 6.45) is 3.30. The van der Waals surface area contributed by atoms with E-state index in [4.69, 9.17) is 4.74 Å². The van der Waals surface area contributed by atoms with Gasteiger partial charge in [0.2, 0.25) is 15.9 Å². The van der Waals surface area contributed by atoms with Gasteiger partial charge in [-0.05, 0) is 23.3 Å². The first-order valence-corrected chi connectivity index (χ1v) is 11.3. The molecule has 0 aliphatic carbocycles. The van der Waals surface area contributed by atoms with Gasteiger partial charge in [0.05, 0.1) is 13.2 Å². The van der Waals surface area contributed by atoms with Crippen molar-refractivity contribution in [1.82, 2.24) is 15.0 Å². The maximum absolute atomic E-state index is 12.0. The Bertz CT molecular complexity index is 941. The molecule has 9 heteroatoms. The molecule has 2 N–H and O–H groups in total. The zero-order chi connectivity index (χ0) is 21.2. The second kappa shape index (κ2) is 10.9. The smallest absolute Gasteiger partial charge is 0.233 e. The number of carbonyl (C=O) groups excluding carboxylic acids is 1. The van der Waals surface area contributed by atoms with E-state index in [-0.39, 0.29) is 18.9 Å². The summed E-state index contributed by atoms with van der Waals surface area (Å²) in [6, 6.07) is 13.0. The maximum Gasteiger partial charge on any atom is 0.233 e. The maximum atomic E-state index is 12.0. The first-order chi connectivity index (χ1) is 14.5. The van der Waals surface area contributed by atoms with Gasteiger partial charge in [-0.25, -0.2) is 18.1 Å². The number of aromatic nitrogens is 1. The molecule has 1 aliphatic heterocycles. The summed E-state index contributed by atoms with van der Waals surface area (Å²) in [6.45, 7) is 3.41. The molecule has 0 radical (unpaired) electrons. The first-order valence-electron chi connectivity index (χ1n) is 9.79. The van der Waals surface area contributed by atoms with Gasteiger partial charge in [-0.3, -0.25) is 4.79 Å². The monoisotopic (exact) mass is 430 g/mol. The molecule has 8 nitrogen and oxygen atoms in total. The number of anilines is 1. The van der Waals surface area contributed by atoms with E-state index in [2.05, 4.69) is 19.9 Å². The molecule has 0 bridgehead atoms. The molecular weight excluding hydrogens is 404 g/mol. The number of nitrogens with one attached hydrogen (secondary N) is 2. The van der Waals surface area contributed by atoms with Crippen LogP contribution in [0.5, 0.6) is 0 Å². The van der Waals surface area contributed by atoms with Gasteiger partial charge in [0, 0.05) is 44.2 Å². The molecule has 2 heterocycles. The molecule has 1 fully saturated rings. The number of hydrogen-bond donors (Lipinski definition) is 2. The first kappa shape index (κ1) is 21.9. The molecular formula is C21H26N4O4S. The van der Waals surface area contributed by atoms with Crippen LogP contribution in [-0.4, -0.2) is 52.2 Å². The number of benzene rings is 1. The van der Waals surface area contributed by atoms with E-state index in [0.717, 1.165) is 35.4 Å². The predicted octanol–water partition coefficient (Wildman–Crippen LogP) is 1.51. The highest BCUT2D eigenvalue weighted by Gasteiger charge is 2.12. The van der Waals surface area contributed by atoms with E-state index < -0.39 is 10.0 Å². The third-order valence-electron chi connectivity index (χ3n) is 4.53. The standard InChI is InChI=1S/C21H26N4O4S/c26-21(8-10-24-30(27,28)15-9-18-4-2-1-3-5-18)23-17-19-6-7-20(22-16-19)25-11-13-29-14-12-25/h1-7,9,15-16,24H,8,10-14,17H2,(H,23,26)/b15-9+. The lowest BCUT2D eigenvalue weighted by Gasteiger charge is -2.27. The van der Waals surface area contributed by atoms with Gasteiger partial charge in [0.25, 0.3) is 0 Å². The van der Waals surface area contributed by atoms with E-state index in [1.54, 1.807) is 6.20 Å². The number of pyridine rings is 1. The number of nitrogens with zero attached hydrogens (tertiary/aromatic N) is 2. The Hall–Kier alpha value is -2.75. The van der Waals surface area contributed by atoms with E-state index >= 15 is 0 Å². The van der Waals surface area contributed by atoms with Gasteiger partial charge in [-0.1, -0.05) is 36.4 Å². The molecule has 0 spiro atoms. The van der Waals surface area contributed by atoms with Crippen molar-refractivity contribution in [1.29, 1.82) is 0 Å². The molecule has 160 valence electrons. The Morgan fingerprint density at radius 2 is 1.90 bits per heavy atom. The number of carbonyl (C=O) groups is 1. The fraction of sp³-hybridized carbons (Fsp3) is 0.333. The summed E-state index contributed by atoms with van der Waals surface area (Å²) >= 11 is 0. The number of ether oxygens (including phenoxy) is 1. The van der Waals surface area contributed by atoms with Crippen molar-refractivity contribution in [2.45, 2.75) is 13.0 Å². The Balaban J connectivity index is 1.38. The average Bonchev–Trinajstić information content (AvgIpc) is 2.78. The predicted molar refractivity (Wildman–Crippen MR) is 116 cm³/mol. The molecule has 3 rings (SSSR count). The van der Waals surface area contributed by atoms with Crippen LogP contribution in [0.2, 0.25) is 0 Å². The SMILES string of the molecule is O=C(CCNS(=O)(=O)/C=C/c1ccccc1)NCc1ccc(N2CCOCC2)nc1. The van der Waals surface area contributed by atoms with Crippen LogP contribution < -0.4 is 14.9 Å². The van der Waals surface area contributed by atoms with E-state index in [0.29, 0.717) is 19.8 Å². The molecule has 30 heavy (non-hydrogen) atoms. The molecule has 0 atom stereocenters. The molecule has 1 amide bonds. The summed E-state index contributed by atoms with van der Waals surface area (Å²) in [7, 11) is -3.59. The van der Waals surface area contributed by atoms with Gasteiger partial charge in [-0.2, -0.15) is 0 Å². The van der Waals surface area contributed by atoms with Crippen LogP contribution in [0.1, 0.15) is 17.5 Å². The third-order valence-corrected chi connectivity index (χ3v) is 5.63. The topological polar surface area (TPSA) is 101 Å². The van der Waals surface area contributed by atoms with Crippen molar-refractivity contribution in [3.63, 3.8) is 0 Å². The van der Waals surface area contributed by atoms with Crippen LogP contribution >= 0.6 is 0 Å². The minimum absolute atomic E-state index is 0.0293. The van der Waals surface area contributed by atoms with Crippen molar-refractivity contribution in [2.24, 2.45) is 0 Å². The summed E-state index contributed by atoms with van der Waals surface area (Å²) in [5.41, 5.74) is 1.67. The lowest BCUT2D eigenvalue weighted by molar-refractivity contribution is -0.121. The molecule has 0 unspecified atom stereocenters. The minimum atomic E-state index is -3.59. The summed E-state index contributed by atoms with van der Waals surface area (Å²) < 4.78 is 31.7. The minimum Gasteiger partial charge on any atom is -0.378 e. The fourth-order valence-electron chi connectivity index (χ4n) is 2.88. The van der Waals surface area contributed by atoms with E-state index in [1.807, 2.05) is 42.5 Å². The summed E-state index contributed by atoms with van der Waals surface area (Å²) in [4.78, 5) is 18.6. The highest BCUT2D eigenvalue weighted by Crippen LogP contribution is 2.13. The quantitative estimate of drug-likeness (QED) is 0.626. The number of amides is 1. The lowest BCUT2D eigenvalue weighted by atomic mass is 10.2. The second-order valence-electron chi connectivity index (χ2n) is 6.80. The van der Waals surface area contributed by atoms with Crippen molar-refractivity contribution in [2.75, 3.05) is 37.7 Å². The largest absolute Gasteiger partial charge is 0.378 e. The Labute approximate surface area is 177 Å². The Kier molecular flexibility index (Phi) is 7.95. The van der Waals surface area contributed by atoms with Gasteiger partial charge < -0.3 is 15.0 Å². The zero-order valence-electron chi connectivity index (χ0n) is 16.7. The number of rotatable bonds is 9. The molecule has 1 aromatic carbocycles. The summed E-state index contributed by atoms with van der Waals surface area (Å²) in [5.74, 6) is 0.660. The molecule has 1 saturated heterocycles. The number of hydrogen-bond acceptors (Lipinski definition) is 6. The number of morpholine rings is 1. The Morgan fingerprint density at radius 1 is 1.13 bits per heavy atom. The highest BCUT2D eigenvalue weighted by molar-refractivity contribution is 7.92. The van der Waals surface area contributed by atoms with Crippen LogP contribution in [-0.2, 0) is 26.1 Å². The van der Waals surface area contributed by atoms with Gasteiger partial charge in [0.1, 0.15) is 5.82 Å². The molecule has 1 aliphatic rings. The van der Waals surface area contributed by atoms with Crippen LogP contribution in [0.15, 0.2) is 54.1 Å². The third kappa shape index (κ3) is 7.25. The Morgan fingerprint density at radius 3 is 2.60 bits per heavy atom. The normalized spacial score (nSPS) is 14.7. The van der Waals surface area contributed by atoms with Crippen molar-refractivity contribution >= 4 is 27.8 Å². The van der Waals surface area contributed by atoms with Crippen molar-refractivity contribution in [3.05, 3.63) is 65.2 Å². The summed E-state index contributed by atoms with van der Waals surface area (Å²) in [5, 5.41) is 3.88. The van der Waals surface area contributed by atoms with Crippen LogP contribution in [0, 0.1) is 0 Å². The molecule has 1 aromatic heterocycles. The van der Waals surface area contributed by atoms with Crippen LogP contribution in [0.3, 0.4) is 0 Å². The highest BCUT2D eigenvalue weighted by atomic mass is 32.2. The van der Waals surface area contributed by atoms with Gasteiger partial charge in [-0.15, -0.1) is 0 Å². The van der Waals surface area contributed by atoms with E-state index in [9.17, 15) is 13.2 Å². The fourth-order valence-corrected chi connectivity index (χ4v) is 3.70. The molecule has 2 aromatic rings. The van der Waals surface area contributed by atoms with Crippen molar-refractivity contribution in [3.8, 4) is 0 Å². The van der Waals surface area contributed by atoms with Crippen molar-refractivity contribution < 1.29 is 17.9 Å². The van der Waals surface area contributed by atoms with Crippen LogP contribution in [0.25, 0.3) is 6.08 Å². The zero-order valence-corrected chi connectivity index (χ0v) is 17.5. The van der Waals surface area contributed by atoms with Gasteiger partial charge >= 0.3 is 0 Å². The lowest BCUT2D eigenvalue weighted by Crippen LogP contribution is -2.36. The second-order valence-corrected chi connectivity index (χ2v) is 8.45. The van der Waals surface area contributed by atoms with E-state index in [1.165, 1.54) is 6.08 Å². The number of sulfonamides is 1. The molecule has 0 saturated carbocycles. The van der Waals surface area contributed by atoms with Gasteiger partial charge in [0.15, 0.2) is 0 Å².